The molecule has 1 aromatic carbocycles. The molecule has 1 aromatic rings. The maximum absolute atomic E-state index is 13.6. The van der Waals surface area contributed by atoms with Crippen LogP contribution in [0.1, 0.15) is 24.5 Å². The molecule has 0 radical (unpaired) electrons. The molecule has 3 heteroatoms. The Morgan fingerprint density at radius 1 is 1.47 bits per heavy atom. The summed E-state index contributed by atoms with van der Waals surface area (Å²) in [6, 6.07) is 5.80. The lowest BCUT2D eigenvalue weighted by Gasteiger charge is -2.13. The second kappa shape index (κ2) is 5.83. The van der Waals surface area contributed by atoms with Crippen molar-refractivity contribution in [1.82, 2.24) is 5.32 Å². The number of rotatable bonds is 5. The first-order chi connectivity index (χ1) is 7.15. The summed E-state index contributed by atoms with van der Waals surface area (Å²) in [7, 11) is 0. The molecule has 0 spiro atoms. The van der Waals surface area contributed by atoms with Crippen LogP contribution in [0.4, 0.5) is 4.39 Å². The average Bonchev–Trinajstić information content (AvgIpc) is 2.21. The monoisotopic (exact) mass is 210 g/mol. The number of halogens is 1. The highest BCUT2D eigenvalue weighted by Gasteiger charge is 2.05. The molecule has 0 saturated carbocycles. The summed E-state index contributed by atoms with van der Waals surface area (Å²) in [5.41, 5.74) is 6.85. The van der Waals surface area contributed by atoms with E-state index in [1.807, 2.05) is 12.1 Å². The van der Waals surface area contributed by atoms with Gasteiger partial charge < -0.3 is 11.1 Å². The minimum absolute atomic E-state index is 0.107. The van der Waals surface area contributed by atoms with Gasteiger partial charge in [-0.1, -0.05) is 18.2 Å². The van der Waals surface area contributed by atoms with Crippen LogP contribution in [0.25, 0.3) is 0 Å². The number of nitrogens with one attached hydrogen (secondary N) is 1. The number of hydrogen-bond donors (Lipinski definition) is 2. The molecular weight excluding hydrogens is 191 g/mol. The summed E-state index contributed by atoms with van der Waals surface area (Å²) in [5.74, 6) is -0.107. The zero-order chi connectivity index (χ0) is 11.3. The predicted octanol–water partition coefficient (Wildman–Crippen LogP) is 1.96. The summed E-state index contributed by atoms with van der Waals surface area (Å²) in [6.45, 7) is 5.06. The highest BCUT2D eigenvalue weighted by molar-refractivity contribution is 5.24. The van der Waals surface area contributed by atoms with Crippen LogP contribution in [-0.4, -0.2) is 12.6 Å². The molecule has 1 atom stereocenters. The minimum atomic E-state index is -0.107. The highest BCUT2D eigenvalue weighted by atomic mass is 19.1. The van der Waals surface area contributed by atoms with Gasteiger partial charge in [0.1, 0.15) is 5.82 Å². The molecule has 0 heterocycles. The zero-order valence-electron chi connectivity index (χ0n) is 9.39. The van der Waals surface area contributed by atoms with Gasteiger partial charge >= 0.3 is 0 Å². The van der Waals surface area contributed by atoms with Crippen LogP contribution in [0.2, 0.25) is 0 Å². The highest BCUT2D eigenvalue weighted by Crippen LogP contribution is 2.11. The lowest BCUT2D eigenvalue weighted by molar-refractivity contribution is 0.504. The smallest absolute Gasteiger partial charge is 0.130 e. The Morgan fingerprint density at radius 3 is 2.87 bits per heavy atom. The third-order valence-corrected chi connectivity index (χ3v) is 2.51. The lowest BCUT2D eigenvalue weighted by atomic mass is 10.1. The van der Waals surface area contributed by atoms with Crippen molar-refractivity contribution in [3.63, 3.8) is 0 Å². The topological polar surface area (TPSA) is 38.0 Å². The Bertz CT molecular complexity index is 312. The van der Waals surface area contributed by atoms with E-state index < -0.39 is 0 Å². The van der Waals surface area contributed by atoms with E-state index in [0.717, 1.165) is 12.0 Å². The standard InChI is InChI=1S/C12H19FN2/c1-9-4-3-5-11(12(9)13)8-15-10(2)6-7-14/h3-5,10,15H,6-8,14H2,1-2H3. The lowest BCUT2D eigenvalue weighted by Crippen LogP contribution is -2.28. The van der Waals surface area contributed by atoms with E-state index in [9.17, 15) is 4.39 Å². The molecule has 0 aliphatic carbocycles. The number of hydrogen-bond acceptors (Lipinski definition) is 2. The van der Waals surface area contributed by atoms with Gasteiger partial charge in [-0.2, -0.15) is 0 Å². The van der Waals surface area contributed by atoms with Gasteiger partial charge in [-0.25, -0.2) is 4.39 Å². The Hall–Kier alpha value is -0.930. The van der Waals surface area contributed by atoms with E-state index in [2.05, 4.69) is 12.2 Å². The van der Waals surface area contributed by atoms with E-state index in [1.165, 1.54) is 0 Å². The van der Waals surface area contributed by atoms with Gasteiger partial charge in [-0.05, 0) is 32.4 Å². The van der Waals surface area contributed by atoms with E-state index in [0.29, 0.717) is 24.7 Å². The van der Waals surface area contributed by atoms with Gasteiger partial charge in [0.05, 0.1) is 0 Å². The first-order valence-electron chi connectivity index (χ1n) is 5.32. The molecule has 0 bridgehead atoms. The zero-order valence-corrected chi connectivity index (χ0v) is 9.39. The molecule has 2 nitrogen and oxygen atoms in total. The summed E-state index contributed by atoms with van der Waals surface area (Å²) >= 11 is 0. The van der Waals surface area contributed by atoms with Crippen molar-refractivity contribution in [2.45, 2.75) is 32.9 Å². The number of benzene rings is 1. The van der Waals surface area contributed by atoms with Crippen LogP contribution >= 0.6 is 0 Å². The van der Waals surface area contributed by atoms with Gasteiger partial charge in [0.2, 0.25) is 0 Å². The molecule has 0 aromatic heterocycles. The van der Waals surface area contributed by atoms with Crippen molar-refractivity contribution < 1.29 is 4.39 Å². The number of nitrogens with two attached hydrogens (primary N) is 1. The SMILES string of the molecule is Cc1cccc(CNC(C)CCN)c1F. The molecule has 0 saturated heterocycles. The normalized spacial score (nSPS) is 12.8. The maximum atomic E-state index is 13.6. The third-order valence-electron chi connectivity index (χ3n) is 2.51. The summed E-state index contributed by atoms with van der Waals surface area (Å²) in [5, 5.41) is 3.25. The van der Waals surface area contributed by atoms with Crippen LogP contribution in [0.3, 0.4) is 0 Å². The van der Waals surface area contributed by atoms with Gasteiger partial charge in [-0.3, -0.25) is 0 Å². The first-order valence-corrected chi connectivity index (χ1v) is 5.32. The Kier molecular flexibility index (Phi) is 4.72. The molecule has 15 heavy (non-hydrogen) atoms. The van der Waals surface area contributed by atoms with Crippen LogP contribution < -0.4 is 11.1 Å². The Balaban J connectivity index is 2.54. The summed E-state index contributed by atoms with van der Waals surface area (Å²) in [4.78, 5) is 0. The first kappa shape index (κ1) is 12.1. The fourth-order valence-corrected chi connectivity index (χ4v) is 1.48. The second-order valence-corrected chi connectivity index (χ2v) is 3.91. The molecule has 0 fully saturated rings. The second-order valence-electron chi connectivity index (χ2n) is 3.91. The minimum Gasteiger partial charge on any atom is -0.330 e. The van der Waals surface area contributed by atoms with Crippen molar-refractivity contribution in [3.8, 4) is 0 Å². The number of aryl methyl sites for hydroxylation is 1. The molecular formula is C12H19FN2. The molecule has 3 N–H and O–H groups in total. The van der Waals surface area contributed by atoms with Crippen molar-refractivity contribution >= 4 is 0 Å². The Morgan fingerprint density at radius 2 is 2.20 bits per heavy atom. The molecule has 0 aliphatic heterocycles. The molecule has 1 unspecified atom stereocenters. The molecule has 1 rings (SSSR count). The van der Waals surface area contributed by atoms with Gasteiger partial charge in [-0.15, -0.1) is 0 Å². The maximum Gasteiger partial charge on any atom is 0.130 e. The molecule has 84 valence electrons. The quantitative estimate of drug-likeness (QED) is 0.779. The van der Waals surface area contributed by atoms with E-state index in [1.54, 1.807) is 13.0 Å². The van der Waals surface area contributed by atoms with Gasteiger partial charge in [0, 0.05) is 18.2 Å². The molecule has 0 amide bonds. The predicted molar refractivity (Wildman–Crippen MR) is 61.1 cm³/mol. The third kappa shape index (κ3) is 3.61. The van der Waals surface area contributed by atoms with Crippen molar-refractivity contribution in [2.24, 2.45) is 5.73 Å². The van der Waals surface area contributed by atoms with E-state index in [4.69, 9.17) is 5.73 Å². The fourth-order valence-electron chi connectivity index (χ4n) is 1.48. The van der Waals surface area contributed by atoms with Crippen molar-refractivity contribution in [3.05, 3.63) is 35.1 Å². The van der Waals surface area contributed by atoms with Crippen molar-refractivity contribution in [1.29, 1.82) is 0 Å². The Labute approximate surface area is 90.7 Å². The van der Waals surface area contributed by atoms with Crippen LogP contribution in [-0.2, 0) is 6.54 Å². The van der Waals surface area contributed by atoms with E-state index >= 15 is 0 Å². The van der Waals surface area contributed by atoms with Gasteiger partial charge in [0.15, 0.2) is 0 Å². The van der Waals surface area contributed by atoms with Crippen LogP contribution in [0.5, 0.6) is 0 Å². The largest absolute Gasteiger partial charge is 0.330 e. The average molecular weight is 210 g/mol. The summed E-state index contributed by atoms with van der Waals surface area (Å²) < 4.78 is 13.6. The van der Waals surface area contributed by atoms with Gasteiger partial charge in [0.25, 0.3) is 0 Å². The van der Waals surface area contributed by atoms with Crippen LogP contribution in [0.15, 0.2) is 18.2 Å². The van der Waals surface area contributed by atoms with Crippen molar-refractivity contribution in [2.75, 3.05) is 6.54 Å². The fraction of sp³-hybridized carbons (Fsp3) is 0.500. The van der Waals surface area contributed by atoms with Crippen LogP contribution in [0, 0.1) is 12.7 Å². The summed E-state index contributed by atoms with van der Waals surface area (Å²) in [6.07, 6.45) is 0.910. The molecule has 0 aliphatic rings. The van der Waals surface area contributed by atoms with E-state index in [-0.39, 0.29) is 5.82 Å².